The number of carbonyl (C=O) groups excluding carboxylic acids is 1. The van der Waals surface area contributed by atoms with Gasteiger partial charge in [-0.2, -0.15) is 0 Å². The molecule has 1 heterocycles. The van der Waals surface area contributed by atoms with E-state index in [1.807, 2.05) is 0 Å². The molecule has 1 saturated heterocycles. The summed E-state index contributed by atoms with van der Waals surface area (Å²) in [6.45, 7) is 2.44. The Balaban J connectivity index is 2.39. The topological polar surface area (TPSA) is 46.3 Å². The zero-order chi connectivity index (χ0) is 10.7. The first-order chi connectivity index (χ1) is 6.52. The van der Waals surface area contributed by atoms with E-state index in [0.717, 1.165) is 0 Å². The van der Waals surface area contributed by atoms with Crippen molar-refractivity contribution in [1.29, 1.82) is 0 Å². The van der Waals surface area contributed by atoms with E-state index in [4.69, 9.17) is 5.73 Å². The summed E-state index contributed by atoms with van der Waals surface area (Å²) in [7, 11) is 0. The quantitative estimate of drug-likeness (QED) is 0.727. The molecule has 5 heteroatoms. The van der Waals surface area contributed by atoms with Crippen LogP contribution in [0.25, 0.3) is 0 Å². The molecule has 1 aliphatic rings. The van der Waals surface area contributed by atoms with Crippen LogP contribution < -0.4 is 5.73 Å². The Morgan fingerprint density at radius 1 is 1.43 bits per heavy atom. The van der Waals surface area contributed by atoms with Gasteiger partial charge in [0, 0.05) is 19.0 Å². The van der Waals surface area contributed by atoms with Crippen LogP contribution >= 0.6 is 0 Å². The molecule has 1 amide bonds. The first-order valence-electron chi connectivity index (χ1n) is 4.85. The molecule has 1 atom stereocenters. The molecule has 0 spiro atoms. The van der Waals surface area contributed by atoms with Crippen LogP contribution in [0, 0.1) is 5.92 Å². The molecule has 1 rings (SSSR count). The third-order valence-corrected chi connectivity index (χ3v) is 2.60. The zero-order valence-corrected chi connectivity index (χ0v) is 8.25. The van der Waals surface area contributed by atoms with E-state index in [-0.39, 0.29) is 5.91 Å². The molecule has 0 radical (unpaired) electrons. The number of nitrogens with zero attached hydrogens (tertiary/aromatic N) is 1. The summed E-state index contributed by atoms with van der Waals surface area (Å²) in [5, 5.41) is 0. The standard InChI is InChI=1S/C9H16F2N2O/c1-6(12)9(14)13-4-2-7(3-5-13)8(10)11/h6-8H,2-5,12H2,1H3/t6-/m1/s1. The second-order valence-electron chi connectivity index (χ2n) is 3.79. The van der Waals surface area contributed by atoms with E-state index >= 15 is 0 Å². The lowest BCUT2D eigenvalue weighted by molar-refractivity contribution is -0.134. The molecular formula is C9H16F2N2O. The van der Waals surface area contributed by atoms with Crippen LogP contribution in [0.1, 0.15) is 19.8 Å². The molecule has 82 valence electrons. The van der Waals surface area contributed by atoms with Gasteiger partial charge in [0.1, 0.15) is 0 Å². The molecular weight excluding hydrogens is 190 g/mol. The number of halogens is 2. The highest BCUT2D eigenvalue weighted by Crippen LogP contribution is 2.23. The van der Waals surface area contributed by atoms with Crippen LogP contribution in [0.15, 0.2) is 0 Å². The van der Waals surface area contributed by atoms with Gasteiger partial charge in [0.25, 0.3) is 0 Å². The molecule has 1 fully saturated rings. The summed E-state index contributed by atoms with van der Waals surface area (Å²) in [6.07, 6.45) is -1.49. The molecule has 0 aliphatic carbocycles. The average Bonchev–Trinajstić information content (AvgIpc) is 2.16. The molecule has 0 aromatic carbocycles. The maximum absolute atomic E-state index is 12.3. The van der Waals surface area contributed by atoms with E-state index in [0.29, 0.717) is 25.9 Å². The van der Waals surface area contributed by atoms with E-state index < -0.39 is 18.4 Å². The predicted octanol–water partition coefficient (Wildman–Crippen LogP) is 0.837. The third kappa shape index (κ3) is 2.64. The van der Waals surface area contributed by atoms with Crippen LogP contribution in [-0.4, -0.2) is 36.4 Å². The normalized spacial score (nSPS) is 21.4. The van der Waals surface area contributed by atoms with E-state index in [9.17, 15) is 13.6 Å². The minimum Gasteiger partial charge on any atom is -0.341 e. The van der Waals surface area contributed by atoms with Gasteiger partial charge in [-0.3, -0.25) is 4.79 Å². The third-order valence-electron chi connectivity index (χ3n) is 2.60. The number of hydrogen-bond acceptors (Lipinski definition) is 2. The maximum Gasteiger partial charge on any atom is 0.241 e. The van der Waals surface area contributed by atoms with Crippen molar-refractivity contribution in [2.75, 3.05) is 13.1 Å². The monoisotopic (exact) mass is 206 g/mol. The fourth-order valence-electron chi connectivity index (χ4n) is 1.66. The second-order valence-corrected chi connectivity index (χ2v) is 3.79. The largest absolute Gasteiger partial charge is 0.341 e. The highest BCUT2D eigenvalue weighted by Gasteiger charge is 2.28. The predicted molar refractivity (Wildman–Crippen MR) is 49.0 cm³/mol. The number of carbonyl (C=O) groups is 1. The van der Waals surface area contributed by atoms with Gasteiger partial charge in [-0.1, -0.05) is 0 Å². The Bertz CT molecular complexity index is 201. The van der Waals surface area contributed by atoms with Crippen molar-refractivity contribution in [3.8, 4) is 0 Å². The van der Waals surface area contributed by atoms with Crippen molar-refractivity contribution in [3.05, 3.63) is 0 Å². The van der Waals surface area contributed by atoms with E-state index in [2.05, 4.69) is 0 Å². The maximum atomic E-state index is 12.3. The first-order valence-corrected chi connectivity index (χ1v) is 4.85. The smallest absolute Gasteiger partial charge is 0.241 e. The molecule has 3 nitrogen and oxygen atoms in total. The van der Waals surface area contributed by atoms with Gasteiger partial charge in [-0.15, -0.1) is 0 Å². The Hall–Kier alpha value is -0.710. The summed E-state index contributed by atoms with van der Waals surface area (Å²) in [5.74, 6) is -0.690. The SMILES string of the molecule is C[C@@H](N)C(=O)N1CCC(C(F)F)CC1. The van der Waals surface area contributed by atoms with Gasteiger partial charge in [-0.05, 0) is 19.8 Å². The Labute approximate surface area is 82.2 Å². The zero-order valence-electron chi connectivity index (χ0n) is 8.25. The van der Waals surface area contributed by atoms with Gasteiger partial charge < -0.3 is 10.6 Å². The Kier molecular flexibility index (Phi) is 3.80. The van der Waals surface area contributed by atoms with Gasteiger partial charge >= 0.3 is 0 Å². The van der Waals surface area contributed by atoms with Crippen LogP contribution in [-0.2, 0) is 4.79 Å². The van der Waals surface area contributed by atoms with Crippen LogP contribution in [0.4, 0.5) is 8.78 Å². The summed E-state index contributed by atoms with van der Waals surface area (Å²) in [6, 6.07) is -0.530. The lowest BCUT2D eigenvalue weighted by Crippen LogP contribution is -2.46. The van der Waals surface area contributed by atoms with Crippen molar-refractivity contribution in [2.24, 2.45) is 11.7 Å². The fraction of sp³-hybridized carbons (Fsp3) is 0.889. The number of amides is 1. The van der Waals surface area contributed by atoms with Crippen LogP contribution in [0.5, 0.6) is 0 Å². The number of alkyl halides is 2. The van der Waals surface area contributed by atoms with Crippen molar-refractivity contribution in [2.45, 2.75) is 32.2 Å². The number of piperidine rings is 1. The molecule has 0 aromatic heterocycles. The average molecular weight is 206 g/mol. The summed E-state index contributed by atoms with van der Waals surface area (Å²) >= 11 is 0. The van der Waals surface area contributed by atoms with Gasteiger partial charge in [0.2, 0.25) is 12.3 Å². The number of rotatable bonds is 2. The number of likely N-dealkylation sites (tertiary alicyclic amines) is 1. The van der Waals surface area contributed by atoms with Crippen molar-refractivity contribution < 1.29 is 13.6 Å². The molecule has 0 aromatic rings. The summed E-state index contributed by atoms with van der Waals surface area (Å²) in [5.41, 5.74) is 5.42. The lowest BCUT2D eigenvalue weighted by atomic mass is 9.97. The first kappa shape index (κ1) is 11.4. The summed E-state index contributed by atoms with van der Waals surface area (Å²) < 4.78 is 24.6. The van der Waals surface area contributed by atoms with Crippen LogP contribution in [0.3, 0.4) is 0 Å². The molecule has 2 N–H and O–H groups in total. The van der Waals surface area contributed by atoms with Gasteiger partial charge in [0.05, 0.1) is 6.04 Å². The minimum atomic E-state index is -2.26. The van der Waals surface area contributed by atoms with E-state index in [1.165, 1.54) is 0 Å². The van der Waals surface area contributed by atoms with Crippen molar-refractivity contribution in [3.63, 3.8) is 0 Å². The van der Waals surface area contributed by atoms with Crippen LogP contribution in [0.2, 0.25) is 0 Å². The van der Waals surface area contributed by atoms with Crippen molar-refractivity contribution >= 4 is 5.91 Å². The Morgan fingerprint density at radius 3 is 2.29 bits per heavy atom. The summed E-state index contributed by atoms with van der Waals surface area (Å²) in [4.78, 5) is 13.0. The fourth-order valence-corrected chi connectivity index (χ4v) is 1.66. The molecule has 1 aliphatic heterocycles. The molecule has 14 heavy (non-hydrogen) atoms. The van der Waals surface area contributed by atoms with Gasteiger partial charge in [0.15, 0.2) is 0 Å². The Morgan fingerprint density at radius 2 is 1.93 bits per heavy atom. The minimum absolute atomic E-state index is 0.141. The molecule has 0 saturated carbocycles. The van der Waals surface area contributed by atoms with E-state index in [1.54, 1.807) is 11.8 Å². The second kappa shape index (κ2) is 4.68. The highest BCUT2D eigenvalue weighted by atomic mass is 19.3. The molecule has 0 bridgehead atoms. The highest BCUT2D eigenvalue weighted by molar-refractivity contribution is 5.81. The lowest BCUT2D eigenvalue weighted by Gasteiger charge is -2.32. The number of nitrogens with two attached hydrogens (primary N) is 1. The van der Waals surface area contributed by atoms with Gasteiger partial charge in [-0.25, -0.2) is 8.78 Å². The number of hydrogen-bond donors (Lipinski definition) is 1. The molecule has 0 unspecified atom stereocenters. The van der Waals surface area contributed by atoms with Crippen molar-refractivity contribution in [1.82, 2.24) is 4.90 Å².